The molecule has 2 heterocycles. The van der Waals surface area contributed by atoms with Crippen molar-refractivity contribution in [2.24, 2.45) is 0 Å². The Bertz CT molecular complexity index is 1130. The molecule has 1 aliphatic heterocycles. The lowest BCUT2D eigenvalue weighted by Crippen LogP contribution is -2.50. The van der Waals surface area contributed by atoms with Crippen LogP contribution < -0.4 is 10.2 Å². The van der Waals surface area contributed by atoms with E-state index in [0.717, 1.165) is 16.6 Å². The molecule has 0 atom stereocenters. The molecule has 0 radical (unpaired) electrons. The minimum atomic E-state index is -3.67. The van der Waals surface area contributed by atoms with Crippen LogP contribution in [0.3, 0.4) is 0 Å². The van der Waals surface area contributed by atoms with Gasteiger partial charge in [-0.25, -0.2) is 8.42 Å². The largest absolute Gasteiger partial charge is 0.369 e. The third-order valence-electron chi connectivity index (χ3n) is 5.18. The third kappa shape index (κ3) is 4.28. The number of sulfonamides is 1. The van der Waals surface area contributed by atoms with Gasteiger partial charge in [-0.15, -0.1) is 0 Å². The number of carbonyl (C=O) groups is 1. The zero-order valence-corrected chi connectivity index (χ0v) is 17.1. The molecule has 29 heavy (non-hydrogen) atoms. The minimum absolute atomic E-state index is 0.372. The standard InChI is InChI=1S/C21H24N4O3S/c1-16-4-2-5-17(14-16)24-10-12-25(13-11-24)29(27,28)15-21(26)23-20-7-3-6-19-18(20)8-9-22-19/h2-9,14,22H,10-13,15H2,1H3,(H,23,26). The zero-order valence-electron chi connectivity index (χ0n) is 16.3. The van der Waals surface area contributed by atoms with E-state index in [1.807, 2.05) is 43.3 Å². The number of hydrogen-bond acceptors (Lipinski definition) is 4. The van der Waals surface area contributed by atoms with Crippen molar-refractivity contribution in [2.45, 2.75) is 6.92 Å². The van der Waals surface area contributed by atoms with Crippen molar-refractivity contribution >= 4 is 38.2 Å². The second kappa shape index (κ2) is 7.88. The summed E-state index contributed by atoms with van der Waals surface area (Å²) >= 11 is 0. The fraction of sp³-hybridized carbons (Fsp3) is 0.286. The molecule has 0 bridgehead atoms. The van der Waals surface area contributed by atoms with Crippen molar-refractivity contribution in [3.8, 4) is 0 Å². The number of nitrogens with zero attached hydrogens (tertiary/aromatic N) is 2. The van der Waals surface area contributed by atoms with Crippen LogP contribution in [0.4, 0.5) is 11.4 Å². The van der Waals surface area contributed by atoms with Gasteiger partial charge in [-0.1, -0.05) is 18.2 Å². The smallest absolute Gasteiger partial charge is 0.241 e. The fourth-order valence-electron chi connectivity index (χ4n) is 3.69. The minimum Gasteiger partial charge on any atom is -0.369 e. The van der Waals surface area contributed by atoms with Crippen LogP contribution in [0.2, 0.25) is 0 Å². The van der Waals surface area contributed by atoms with E-state index in [1.54, 1.807) is 12.3 Å². The summed E-state index contributed by atoms with van der Waals surface area (Å²) in [7, 11) is -3.67. The number of H-pyrrole nitrogens is 1. The predicted octanol–water partition coefficient (Wildman–Crippen LogP) is 2.57. The summed E-state index contributed by atoms with van der Waals surface area (Å²) in [6, 6.07) is 15.5. The maximum absolute atomic E-state index is 12.7. The molecule has 1 amide bonds. The molecule has 0 unspecified atom stereocenters. The average Bonchev–Trinajstić information content (AvgIpc) is 3.18. The van der Waals surface area contributed by atoms with Gasteiger partial charge < -0.3 is 15.2 Å². The fourth-order valence-corrected chi connectivity index (χ4v) is 4.99. The van der Waals surface area contributed by atoms with Crippen LogP contribution in [0.25, 0.3) is 10.9 Å². The van der Waals surface area contributed by atoms with Crippen LogP contribution in [-0.2, 0) is 14.8 Å². The molecule has 0 spiro atoms. The van der Waals surface area contributed by atoms with Gasteiger partial charge in [0.25, 0.3) is 0 Å². The number of piperazine rings is 1. The zero-order chi connectivity index (χ0) is 20.4. The van der Waals surface area contributed by atoms with Crippen molar-refractivity contribution in [3.63, 3.8) is 0 Å². The monoisotopic (exact) mass is 412 g/mol. The van der Waals surface area contributed by atoms with Crippen LogP contribution in [0.5, 0.6) is 0 Å². The van der Waals surface area contributed by atoms with Crippen molar-refractivity contribution in [3.05, 3.63) is 60.3 Å². The lowest BCUT2D eigenvalue weighted by Gasteiger charge is -2.35. The molecule has 2 N–H and O–H groups in total. The molecule has 1 aromatic heterocycles. The second-order valence-electron chi connectivity index (χ2n) is 7.27. The quantitative estimate of drug-likeness (QED) is 0.674. The summed E-state index contributed by atoms with van der Waals surface area (Å²) < 4.78 is 26.9. The van der Waals surface area contributed by atoms with Crippen LogP contribution in [0.15, 0.2) is 54.7 Å². The number of anilines is 2. The number of aromatic nitrogens is 1. The van der Waals surface area contributed by atoms with E-state index in [1.165, 1.54) is 9.87 Å². The first-order chi connectivity index (χ1) is 13.9. The van der Waals surface area contributed by atoms with Crippen molar-refractivity contribution < 1.29 is 13.2 Å². The van der Waals surface area contributed by atoms with Crippen LogP contribution in [0.1, 0.15) is 5.56 Å². The summed E-state index contributed by atoms with van der Waals surface area (Å²) in [5.74, 6) is -1.09. The maximum atomic E-state index is 12.7. The number of amides is 1. The molecule has 3 aromatic rings. The highest BCUT2D eigenvalue weighted by Crippen LogP contribution is 2.23. The maximum Gasteiger partial charge on any atom is 0.241 e. The Morgan fingerprint density at radius 1 is 1.07 bits per heavy atom. The number of fused-ring (bicyclic) bond motifs is 1. The molecule has 0 aliphatic carbocycles. The molecule has 2 aromatic carbocycles. The average molecular weight is 413 g/mol. The topological polar surface area (TPSA) is 85.5 Å². The highest BCUT2D eigenvalue weighted by molar-refractivity contribution is 7.89. The first kappa shape index (κ1) is 19.5. The Kier molecular flexibility index (Phi) is 5.29. The third-order valence-corrected chi connectivity index (χ3v) is 6.96. The molecule has 8 heteroatoms. The number of aryl methyl sites for hydroxylation is 1. The van der Waals surface area contributed by atoms with E-state index in [9.17, 15) is 13.2 Å². The predicted molar refractivity (Wildman–Crippen MR) is 116 cm³/mol. The van der Waals surface area contributed by atoms with Crippen LogP contribution in [0, 0.1) is 6.92 Å². The van der Waals surface area contributed by atoms with Gasteiger partial charge in [-0.05, 0) is 42.8 Å². The highest BCUT2D eigenvalue weighted by Gasteiger charge is 2.29. The molecule has 0 saturated carbocycles. The SMILES string of the molecule is Cc1cccc(N2CCN(S(=O)(=O)CC(=O)Nc3cccc4[nH]ccc34)CC2)c1. The number of aromatic amines is 1. The van der Waals surface area contributed by atoms with Gasteiger partial charge in [0.15, 0.2) is 0 Å². The summed E-state index contributed by atoms with van der Waals surface area (Å²) in [6.07, 6.45) is 1.78. The Hall–Kier alpha value is -2.84. The van der Waals surface area contributed by atoms with E-state index >= 15 is 0 Å². The molecule has 1 saturated heterocycles. The molecular formula is C21H24N4O3S. The molecule has 1 fully saturated rings. The molecule has 4 rings (SSSR count). The van der Waals surface area contributed by atoms with Gasteiger partial charge in [0.1, 0.15) is 5.75 Å². The van der Waals surface area contributed by atoms with Crippen molar-refractivity contribution in [2.75, 3.05) is 42.1 Å². The van der Waals surface area contributed by atoms with Crippen LogP contribution >= 0.6 is 0 Å². The number of nitrogens with one attached hydrogen (secondary N) is 2. The van der Waals surface area contributed by atoms with Gasteiger partial charge in [-0.2, -0.15) is 4.31 Å². The first-order valence-electron chi connectivity index (χ1n) is 9.58. The van der Waals surface area contributed by atoms with E-state index < -0.39 is 21.7 Å². The van der Waals surface area contributed by atoms with E-state index in [2.05, 4.69) is 21.3 Å². The lowest BCUT2D eigenvalue weighted by molar-refractivity contribution is -0.113. The van der Waals surface area contributed by atoms with Crippen molar-refractivity contribution in [1.29, 1.82) is 0 Å². The van der Waals surface area contributed by atoms with Crippen LogP contribution in [-0.4, -0.2) is 55.5 Å². The first-order valence-corrected chi connectivity index (χ1v) is 11.2. The number of benzene rings is 2. The normalized spacial score (nSPS) is 15.6. The van der Waals surface area contributed by atoms with Gasteiger partial charge in [0, 0.05) is 49.0 Å². The van der Waals surface area contributed by atoms with Gasteiger partial charge >= 0.3 is 0 Å². The van der Waals surface area contributed by atoms with E-state index in [-0.39, 0.29) is 0 Å². The van der Waals surface area contributed by atoms with E-state index in [4.69, 9.17) is 0 Å². The summed E-state index contributed by atoms with van der Waals surface area (Å²) in [6.45, 7) is 3.99. The Morgan fingerprint density at radius 2 is 1.83 bits per heavy atom. The van der Waals surface area contributed by atoms with Crippen molar-refractivity contribution in [1.82, 2.24) is 9.29 Å². The number of rotatable bonds is 5. The summed E-state index contributed by atoms with van der Waals surface area (Å²) in [4.78, 5) is 17.7. The summed E-state index contributed by atoms with van der Waals surface area (Å²) in [5, 5.41) is 3.58. The Balaban J connectivity index is 1.38. The molecular weight excluding hydrogens is 388 g/mol. The summed E-state index contributed by atoms with van der Waals surface area (Å²) in [5.41, 5.74) is 3.76. The molecule has 152 valence electrons. The highest BCUT2D eigenvalue weighted by atomic mass is 32.2. The second-order valence-corrected chi connectivity index (χ2v) is 9.24. The number of hydrogen-bond donors (Lipinski definition) is 2. The molecule has 1 aliphatic rings. The van der Waals surface area contributed by atoms with E-state index in [0.29, 0.717) is 31.9 Å². The lowest BCUT2D eigenvalue weighted by atomic mass is 10.2. The number of carbonyl (C=O) groups excluding carboxylic acids is 1. The van der Waals surface area contributed by atoms with Gasteiger partial charge in [0.2, 0.25) is 15.9 Å². The van der Waals surface area contributed by atoms with Gasteiger partial charge in [-0.3, -0.25) is 4.79 Å². The van der Waals surface area contributed by atoms with Gasteiger partial charge in [0.05, 0.1) is 5.69 Å². The Labute approximate surface area is 170 Å². The Morgan fingerprint density at radius 3 is 2.59 bits per heavy atom. The molecule has 7 nitrogen and oxygen atoms in total.